The van der Waals surface area contributed by atoms with E-state index < -0.39 is 10.0 Å². The Balaban J connectivity index is 0.000000461. The highest BCUT2D eigenvalue weighted by Crippen LogP contribution is 2.30. The van der Waals surface area contributed by atoms with Crippen molar-refractivity contribution in [3.63, 3.8) is 0 Å². The zero-order valence-electron chi connectivity index (χ0n) is 17.5. The van der Waals surface area contributed by atoms with Crippen LogP contribution in [0.1, 0.15) is 70.3 Å². The number of nitrogens with two attached hydrogens (primary N) is 2. The number of nitrogen functional groups attached to an aromatic ring is 1. The average molecular weight is 437 g/mol. The first-order valence-electron chi connectivity index (χ1n) is 10.6. The highest BCUT2D eigenvalue weighted by molar-refractivity contribution is 7.88. The fourth-order valence-corrected chi connectivity index (χ4v) is 4.34. The van der Waals surface area contributed by atoms with E-state index in [1.165, 1.54) is 44.6 Å². The molecule has 0 amide bonds. The highest BCUT2D eigenvalue weighted by atomic mass is 32.2. The zero-order valence-corrected chi connectivity index (χ0v) is 18.3. The van der Waals surface area contributed by atoms with Crippen molar-refractivity contribution < 1.29 is 8.42 Å². The van der Waals surface area contributed by atoms with Crippen molar-refractivity contribution >= 4 is 32.7 Å². The standard InChI is InChI=1S/C19H27N5O.CH5NO2S/c20-16-11-17(25)24(14-9-5-2-6-10-14)18-15(16)12-21-19(23-18)22-13-7-3-1-4-8-13;1-5(2,3)4/h11-14H,1-10,20H2,(H,21,22,23);1H3,(H2,2,3,4). The van der Waals surface area contributed by atoms with Crippen molar-refractivity contribution in [2.45, 2.75) is 76.3 Å². The minimum Gasteiger partial charge on any atom is -0.398 e. The Hall–Kier alpha value is -2.20. The Kier molecular flexibility index (Phi) is 7.30. The van der Waals surface area contributed by atoms with Gasteiger partial charge in [0.2, 0.25) is 16.0 Å². The van der Waals surface area contributed by atoms with Crippen LogP contribution in [0.25, 0.3) is 11.0 Å². The molecule has 9 nitrogen and oxygen atoms in total. The number of primary sulfonamides is 1. The topological polar surface area (TPSA) is 146 Å². The number of anilines is 2. The van der Waals surface area contributed by atoms with Crippen LogP contribution in [0.5, 0.6) is 0 Å². The van der Waals surface area contributed by atoms with Gasteiger partial charge in [0.25, 0.3) is 5.56 Å². The molecule has 0 radical (unpaired) electrons. The van der Waals surface area contributed by atoms with Crippen molar-refractivity contribution in [3.8, 4) is 0 Å². The summed E-state index contributed by atoms with van der Waals surface area (Å²) >= 11 is 0. The maximum Gasteiger partial charge on any atom is 0.254 e. The lowest BCUT2D eigenvalue weighted by Gasteiger charge is -2.26. The Morgan fingerprint density at radius 3 is 2.23 bits per heavy atom. The first kappa shape index (κ1) is 22.5. The summed E-state index contributed by atoms with van der Waals surface area (Å²) in [5, 5.41) is 8.57. The van der Waals surface area contributed by atoms with Gasteiger partial charge in [-0.3, -0.25) is 9.36 Å². The summed E-state index contributed by atoms with van der Waals surface area (Å²) < 4.78 is 20.7. The van der Waals surface area contributed by atoms with E-state index in [1.54, 1.807) is 6.20 Å². The molecule has 2 aromatic rings. The smallest absolute Gasteiger partial charge is 0.254 e. The van der Waals surface area contributed by atoms with Crippen molar-refractivity contribution in [2.75, 3.05) is 17.3 Å². The van der Waals surface area contributed by atoms with E-state index in [0.29, 0.717) is 23.3 Å². The van der Waals surface area contributed by atoms with Gasteiger partial charge < -0.3 is 11.1 Å². The number of rotatable bonds is 3. The second kappa shape index (κ2) is 9.74. The number of nitrogens with one attached hydrogen (secondary N) is 1. The molecule has 0 aliphatic heterocycles. The van der Waals surface area contributed by atoms with Gasteiger partial charge in [0.1, 0.15) is 0 Å². The van der Waals surface area contributed by atoms with Gasteiger partial charge in [-0.2, -0.15) is 4.98 Å². The molecule has 2 saturated carbocycles. The molecule has 2 aromatic heterocycles. The first-order chi connectivity index (χ1) is 14.2. The second-order valence-electron chi connectivity index (χ2n) is 8.34. The van der Waals surface area contributed by atoms with Gasteiger partial charge in [-0.25, -0.2) is 18.5 Å². The summed E-state index contributed by atoms with van der Waals surface area (Å²) in [7, 11) is -3.17. The molecule has 166 valence electrons. The van der Waals surface area contributed by atoms with Crippen LogP contribution in [-0.2, 0) is 10.0 Å². The van der Waals surface area contributed by atoms with Crippen LogP contribution in [-0.4, -0.2) is 35.3 Å². The van der Waals surface area contributed by atoms with Crippen LogP contribution in [0, 0.1) is 0 Å². The molecule has 2 heterocycles. The zero-order chi connectivity index (χ0) is 21.7. The summed E-state index contributed by atoms with van der Waals surface area (Å²) in [6, 6.07) is 2.18. The van der Waals surface area contributed by atoms with Crippen LogP contribution in [0.2, 0.25) is 0 Å². The number of hydrogen-bond donors (Lipinski definition) is 3. The van der Waals surface area contributed by atoms with Crippen molar-refractivity contribution in [1.29, 1.82) is 0 Å². The van der Waals surface area contributed by atoms with Crippen LogP contribution < -0.4 is 21.7 Å². The van der Waals surface area contributed by atoms with Crippen molar-refractivity contribution in [3.05, 3.63) is 22.6 Å². The third-order valence-corrected chi connectivity index (χ3v) is 5.70. The quantitative estimate of drug-likeness (QED) is 0.670. The minimum absolute atomic E-state index is 0.0424. The lowest BCUT2D eigenvalue weighted by Crippen LogP contribution is -2.28. The molecule has 0 saturated heterocycles. The number of hydrogen-bond acceptors (Lipinski definition) is 7. The van der Waals surface area contributed by atoms with Gasteiger partial charge in [0.15, 0.2) is 5.65 Å². The van der Waals surface area contributed by atoms with Crippen LogP contribution in [0.4, 0.5) is 11.6 Å². The molecule has 10 heteroatoms. The molecule has 30 heavy (non-hydrogen) atoms. The van der Waals surface area contributed by atoms with Gasteiger partial charge in [0, 0.05) is 30.0 Å². The normalized spacial score (nSPS) is 18.6. The lowest BCUT2D eigenvalue weighted by molar-refractivity contribution is 0.353. The molecule has 2 aliphatic carbocycles. The summed E-state index contributed by atoms with van der Waals surface area (Å²) in [5.41, 5.74) is 7.19. The van der Waals surface area contributed by atoms with Crippen LogP contribution in [0.3, 0.4) is 0 Å². The predicted octanol–water partition coefficient (Wildman–Crippen LogP) is 2.53. The Labute approximate surface area is 177 Å². The van der Waals surface area contributed by atoms with Crippen molar-refractivity contribution in [1.82, 2.24) is 14.5 Å². The highest BCUT2D eigenvalue weighted by Gasteiger charge is 2.21. The Bertz CT molecular complexity index is 1020. The summed E-state index contributed by atoms with van der Waals surface area (Å²) in [5.74, 6) is 0.619. The lowest BCUT2D eigenvalue weighted by atomic mass is 9.95. The van der Waals surface area contributed by atoms with Crippen LogP contribution >= 0.6 is 0 Å². The average Bonchev–Trinajstić information content (AvgIpc) is 2.68. The van der Waals surface area contributed by atoms with Gasteiger partial charge in [-0.15, -0.1) is 0 Å². The maximum absolute atomic E-state index is 12.7. The van der Waals surface area contributed by atoms with E-state index in [9.17, 15) is 13.2 Å². The SMILES string of the molecule is CS(N)(=O)=O.Nc1cc(=O)n(C2CCCCC2)c2nc(NC3CCCCC3)ncc12. The van der Waals surface area contributed by atoms with E-state index in [1.807, 2.05) is 4.57 Å². The van der Waals surface area contributed by atoms with E-state index >= 15 is 0 Å². The molecule has 0 aromatic carbocycles. The maximum atomic E-state index is 12.7. The molecule has 4 rings (SSSR count). The molecular weight excluding hydrogens is 404 g/mol. The Morgan fingerprint density at radius 2 is 1.63 bits per heavy atom. The molecule has 0 bridgehead atoms. The second-order valence-corrected chi connectivity index (χ2v) is 10.00. The largest absolute Gasteiger partial charge is 0.398 e. The molecule has 0 unspecified atom stereocenters. The van der Waals surface area contributed by atoms with E-state index in [-0.39, 0.29) is 11.6 Å². The number of sulfonamides is 1. The first-order valence-corrected chi connectivity index (χ1v) is 12.6. The number of nitrogens with zero attached hydrogens (tertiary/aromatic N) is 3. The Morgan fingerprint density at radius 1 is 1.07 bits per heavy atom. The molecule has 0 spiro atoms. The van der Waals surface area contributed by atoms with E-state index in [0.717, 1.165) is 37.3 Å². The summed E-state index contributed by atoms with van der Waals surface area (Å²) in [4.78, 5) is 21.8. The predicted molar refractivity (Wildman–Crippen MR) is 120 cm³/mol. The summed E-state index contributed by atoms with van der Waals surface area (Å²) in [6.45, 7) is 0. The molecule has 0 atom stereocenters. The third-order valence-electron chi connectivity index (χ3n) is 5.70. The monoisotopic (exact) mass is 436 g/mol. The number of aromatic nitrogens is 3. The summed E-state index contributed by atoms with van der Waals surface area (Å²) in [6.07, 6.45) is 14.5. The number of pyridine rings is 1. The fourth-order valence-electron chi connectivity index (χ4n) is 4.34. The van der Waals surface area contributed by atoms with Crippen molar-refractivity contribution in [2.24, 2.45) is 5.14 Å². The third kappa shape index (κ3) is 6.15. The van der Waals surface area contributed by atoms with Gasteiger partial charge >= 0.3 is 0 Å². The minimum atomic E-state index is -3.17. The molecule has 2 aliphatic rings. The van der Waals surface area contributed by atoms with Gasteiger partial charge in [-0.05, 0) is 25.7 Å². The molecule has 2 fully saturated rings. The van der Waals surface area contributed by atoms with Crippen LogP contribution in [0.15, 0.2) is 17.1 Å². The number of fused-ring (bicyclic) bond motifs is 1. The van der Waals surface area contributed by atoms with Gasteiger partial charge in [0.05, 0.1) is 11.6 Å². The fraction of sp³-hybridized carbons (Fsp3) is 0.650. The van der Waals surface area contributed by atoms with E-state index in [4.69, 9.17) is 10.7 Å². The molecular formula is C20H32N6O3S. The molecule has 5 N–H and O–H groups in total. The van der Waals surface area contributed by atoms with E-state index in [2.05, 4.69) is 15.4 Å². The van der Waals surface area contributed by atoms with Gasteiger partial charge in [-0.1, -0.05) is 38.5 Å².